The highest BCUT2D eigenvalue weighted by Crippen LogP contribution is 2.24. The number of nitrogens with zero attached hydrogens (tertiary/aromatic N) is 1. The molecule has 98 valence electrons. The number of benzene rings is 1. The van der Waals surface area contributed by atoms with E-state index < -0.39 is 11.9 Å². The minimum atomic E-state index is -0.706. The van der Waals surface area contributed by atoms with Crippen molar-refractivity contribution in [3.63, 3.8) is 0 Å². The Morgan fingerprint density at radius 1 is 1.21 bits per heavy atom. The lowest BCUT2D eigenvalue weighted by Gasteiger charge is -2.08. The van der Waals surface area contributed by atoms with E-state index in [2.05, 4.69) is 4.98 Å². The molecule has 2 N–H and O–H groups in total. The average Bonchev–Trinajstić information content (AvgIpc) is 2.44. The molecule has 1 heterocycles. The van der Waals surface area contributed by atoms with Crippen LogP contribution in [0.4, 0.5) is 0 Å². The van der Waals surface area contributed by atoms with Crippen molar-refractivity contribution in [2.75, 3.05) is 14.2 Å². The van der Waals surface area contributed by atoms with Crippen LogP contribution in [0.15, 0.2) is 24.3 Å². The van der Waals surface area contributed by atoms with E-state index in [1.54, 1.807) is 18.2 Å². The summed E-state index contributed by atoms with van der Waals surface area (Å²) in [5, 5.41) is 0.538. The van der Waals surface area contributed by atoms with E-state index >= 15 is 0 Å². The van der Waals surface area contributed by atoms with Gasteiger partial charge in [0.1, 0.15) is 11.4 Å². The number of methoxy groups -OCH3 is 2. The number of nitrogens with two attached hydrogens (primary N) is 1. The maximum atomic E-state index is 11.8. The molecule has 0 atom stereocenters. The van der Waals surface area contributed by atoms with E-state index in [1.165, 1.54) is 20.3 Å². The van der Waals surface area contributed by atoms with Crippen LogP contribution in [0, 0.1) is 0 Å². The summed E-state index contributed by atoms with van der Waals surface area (Å²) in [6.07, 6.45) is 0. The van der Waals surface area contributed by atoms with Gasteiger partial charge in [0.15, 0.2) is 0 Å². The highest BCUT2D eigenvalue weighted by Gasteiger charge is 2.16. The smallest absolute Gasteiger partial charge is 0.338 e. The second-order valence-corrected chi connectivity index (χ2v) is 3.79. The van der Waals surface area contributed by atoms with Crippen molar-refractivity contribution >= 4 is 22.8 Å². The number of rotatable bonds is 3. The summed E-state index contributed by atoms with van der Waals surface area (Å²) >= 11 is 0. The molecule has 1 aromatic heterocycles. The summed E-state index contributed by atoms with van der Waals surface area (Å²) in [6.45, 7) is 0. The Bertz CT molecular complexity index is 667. The van der Waals surface area contributed by atoms with Crippen molar-refractivity contribution in [1.82, 2.24) is 4.98 Å². The number of primary amides is 1. The Morgan fingerprint density at radius 2 is 1.95 bits per heavy atom. The van der Waals surface area contributed by atoms with E-state index in [-0.39, 0.29) is 11.3 Å². The van der Waals surface area contributed by atoms with E-state index in [0.717, 1.165) is 0 Å². The Kier molecular flexibility index (Phi) is 3.33. The van der Waals surface area contributed by atoms with E-state index in [0.29, 0.717) is 16.7 Å². The van der Waals surface area contributed by atoms with Crippen LogP contribution in [-0.2, 0) is 4.74 Å². The zero-order chi connectivity index (χ0) is 14.0. The second-order valence-electron chi connectivity index (χ2n) is 3.79. The molecule has 1 amide bonds. The van der Waals surface area contributed by atoms with Gasteiger partial charge in [-0.3, -0.25) is 4.79 Å². The number of aromatic nitrogens is 1. The van der Waals surface area contributed by atoms with Crippen LogP contribution in [0.1, 0.15) is 20.8 Å². The van der Waals surface area contributed by atoms with Crippen LogP contribution < -0.4 is 10.5 Å². The van der Waals surface area contributed by atoms with Crippen molar-refractivity contribution in [3.8, 4) is 5.75 Å². The first-order chi connectivity index (χ1) is 9.06. The van der Waals surface area contributed by atoms with Crippen molar-refractivity contribution in [2.24, 2.45) is 5.73 Å². The first-order valence-corrected chi connectivity index (χ1v) is 5.43. The molecule has 0 unspecified atom stereocenters. The minimum absolute atomic E-state index is 0.0121. The van der Waals surface area contributed by atoms with Crippen LogP contribution in [0.3, 0.4) is 0 Å². The Balaban J connectivity index is 2.78. The molecule has 2 aromatic rings. The second kappa shape index (κ2) is 4.93. The summed E-state index contributed by atoms with van der Waals surface area (Å²) in [7, 11) is 2.78. The lowest BCUT2D eigenvalue weighted by molar-refractivity contribution is 0.0603. The molecule has 0 saturated heterocycles. The van der Waals surface area contributed by atoms with Crippen LogP contribution in [0.25, 0.3) is 10.9 Å². The van der Waals surface area contributed by atoms with Crippen LogP contribution in [-0.4, -0.2) is 31.1 Å². The van der Waals surface area contributed by atoms with E-state index in [9.17, 15) is 9.59 Å². The molecular weight excluding hydrogens is 248 g/mol. The molecule has 0 saturated carbocycles. The quantitative estimate of drug-likeness (QED) is 0.835. The summed E-state index contributed by atoms with van der Waals surface area (Å²) < 4.78 is 9.79. The summed E-state index contributed by atoms with van der Waals surface area (Å²) in [5.74, 6) is -0.697. The van der Waals surface area contributed by atoms with Gasteiger partial charge in [-0.15, -0.1) is 0 Å². The predicted molar refractivity (Wildman–Crippen MR) is 68.2 cm³/mol. The van der Waals surface area contributed by atoms with E-state index in [1.807, 2.05) is 0 Å². The fraction of sp³-hybridized carbons (Fsp3) is 0.154. The standard InChI is InChI=1S/C13H12N2O4/c1-18-7-3-4-10-8(5-7)9(13(17)19-2)6-11(15-10)12(14)16/h3-6H,1-2H3,(H2,14,16). The van der Waals surface area contributed by atoms with Gasteiger partial charge in [-0.2, -0.15) is 0 Å². The summed E-state index contributed by atoms with van der Waals surface area (Å²) in [5.41, 5.74) is 5.90. The fourth-order valence-corrected chi connectivity index (χ4v) is 1.74. The van der Waals surface area contributed by atoms with Gasteiger partial charge in [-0.05, 0) is 24.3 Å². The number of hydrogen-bond acceptors (Lipinski definition) is 5. The minimum Gasteiger partial charge on any atom is -0.497 e. The molecule has 0 radical (unpaired) electrons. The average molecular weight is 260 g/mol. The van der Waals surface area contributed by atoms with Crippen LogP contribution >= 0.6 is 0 Å². The molecule has 0 aliphatic rings. The Morgan fingerprint density at radius 3 is 2.53 bits per heavy atom. The third-order valence-corrected chi connectivity index (χ3v) is 2.67. The number of carbonyl (C=O) groups excluding carboxylic acids is 2. The molecule has 0 fully saturated rings. The molecule has 0 bridgehead atoms. The SMILES string of the molecule is COC(=O)c1cc(C(N)=O)nc2ccc(OC)cc12. The van der Waals surface area contributed by atoms with Gasteiger partial charge in [0.25, 0.3) is 5.91 Å². The van der Waals surface area contributed by atoms with Crippen molar-refractivity contribution < 1.29 is 19.1 Å². The first-order valence-electron chi connectivity index (χ1n) is 5.43. The molecule has 6 heteroatoms. The van der Waals surface area contributed by atoms with Gasteiger partial charge >= 0.3 is 5.97 Å². The fourth-order valence-electron chi connectivity index (χ4n) is 1.74. The number of ether oxygens (including phenoxy) is 2. The van der Waals surface area contributed by atoms with Crippen molar-refractivity contribution in [3.05, 3.63) is 35.5 Å². The molecule has 0 aliphatic carbocycles. The van der Waals surface area contributed by atoms with Gasteiger partial charge in [-0.1, -0.05) is 0 Å². The normalized spacial score (nSPS) is 10.2. The van der Waals surface area contributed by atoms with Gasteiger partial charge in [0.05, 0.1) is 25.3 Å². The van der Waals surface area contributed by atoms with Gasteiger partial charge in [0.2, 0.25) is 0 Å². The number of esters is 1. The molecule has 0 spiro atoms. The zero-order valence-corrected chi connectivity index (χ0v) is 10.5. The summed E-state index contributed by atoms with van der Waals surface area (Å²) in [4.78, 5) is 27.1. The lowest BCUT2D eigenvalue weighted by atomic mass is 10.1. The Hall–Kier alpha value is -2.63. The third kappa shape index (κ3) is 2.33. The number of pyridine rings is 1. The number of fused-ring (bicyclic) bond motifs is 1. The largest absolute Gasteiger partial charge is 0.497 e. The topological polar surface area (TPSA) is 91.5 Å². The highest BCUT2D eigenvalue weighted by molar-refractivity contribution is 6.06. The Labute approximate surface area is 109 Å². The van der Waals surface area contributed by atoms with Crippen molar-refractivity contribution in [1.29, 1.82) is 0 Å². The van der Waals surface area contributed by atoms with Gasteiger partial charge in [-0.25, -0.2) is 9.78 Å². The number of amides is 1. The maximum absolute atomic E-state index is 11.8. The molecule has 0 aliphatic heterocycles. The molecule has 19 heavy (non-hydrogen) atoms. The number of hydrogen-bond donors (Lipinski definition) is 1. The van der Waals surface area contributed by atoms with Crippen LogP contribution in [0.5, 0.6) is 5.75 Å². The van der Waals surface area contributed by atoms with Gasteiger partial charge in [0, 0.05) is 5.39 Å². The predicted octanol–water partition coefficient (Wildman–Crippen LogP) is 1.13. The lowest BCUT2D eigenvalue weighted by Crippen LogP contribution is -2.15. The molecular formula is C13H12N2O4. The third-order valence-electron chi connectivity index (χ3n) is 2.67. The first kappa shape index (κ1) is 12.8. The number of carbonyl (C=O) groups is 2. The molecule has 2 rings (SSSR count). The highest BCUT2D eigenvalue weighted by atomic mass is 16.5. The maximum Gasteiger partial charge on any atom is 0.338 e. The summed E-state index contributed by atoms with van der Waals surface area (Å²) in [6, 6.07) is 6.30. The molecule has 1 aromatic carbocycles. The van der Waals surface area contributed by atoms with E-state index in [4.69, 9.17) is 15.2 Å². The van der Waals surface area contributed by atoms with Crippen LogP contribution in [0.2, 0.25) is 0 Å². The van der Waals surface area contributed by atoms with Crippen molar-refractivity contribution in [2.45, 2.75) is 0 Å². The molecule has 6 nitrogen and oxygen atoms in total. The zero-order valence-electron chi connectivity index (χ0n) is 10.5. The van der Waals surface area contributed by atoms with Gasteiger partial charge < -0.3 is 15.2 Å². The monoisotopic (exact) mass is 260 g/mol.